The first-order valence-electron chi connectivity index (χ1n) is 6.34. The van der Waals surface area contributed by atoms with Gasteiger partial charge < -0.3 is 14.4 Å². The number of allylic oxidation sites excluding steroid dienone is 2. The molecule has 20 heavy (non-hydrogen) atoms. The fraction of sp³-hybridized carbons (Fsp3) is 0.429. The minimum atomic E-state index is -1.10. The number of hydrogen-bond donors (Lipinski definition) is 1. The molecule has 5 nitrogen and oxygen atoms in total. The van der Waals surface area contributed by atoms with Crippen LogP contribution >= 0.6 is 0 Å². The Balaban J connectivity index is 3.11. The summed E-state index contributed by atoms with van der Waals surface area (Å²) in [5, 5.41) is 10.3. The molecule has 0 spiro atoms. The average molecular weight is 282 g/mol. The molecule has 1 heterocycles. The van der Waals surface area contributed by atoms with Crippen molar-refractivity contribution in [2.45, 2.75) is 33.1 Å². The molecule has 0 radical (unpaired) electrons. The summed E-state index contributed by atoms with van der Waals surface area (Å²) in [5.41, 5.74) is -0.396. The van der Waals surface area contributed by atoms with Gasteiger partial charge in [0, 0.05) is 6.61 Å². The molecular weight excluding hydrogens is 263 g/mol. The first-order valence-corrected chi connectivity index (χ1v) is 6.34. The van der Waals surface area contributed by atoms with Crippen LogP contribution in [0.3, 0.4) is 0 Å². The summed E-state index contributed by atoms with van der Waals surface area (Å²) in [6.45, 7) is 7.32. The molecule has 1 aromatic rings. The van der Waals surface area contributed by atoms with Crippen LogP contribution in [0, 0.1) is 0 Å². The third-order valence-electron chi connectivity index (χ3n) is 2.53. The van der Waals surface area contributed by atoms with E-state index in [1.165, 1.54) is 23.6 Å². The van der Waals surface area contributed by atoms with Gasteiger partial charge in [0.1, 0.15) is 0 Å². The largest absolute Gasteiger partial charge is 0.366 e. The number of halogens is 1. The molecule has 0 aliphatic carbocycles. The molecule has 0 amide bonds. The molecule has 0 bridgehead atoms. The van der Waals surface area contributed by atoms with Crippen molar-refractivity contribution in [3.63, 3.8) is 0 Å². The van der Waals surface area contributed by atoms with Gasteiger partial charge in [-0.2, -0.15) is 0 Å². The number of hydrogen-bond acceptors (Lipinski definition) is 4. The highest BCUT2D eigenvalue weighted by Crippen LogP contribution is 1.92. The summed E-state index contributed by atoms with van der Waals surface area (Å²) < 4.78 is 19.1. The lowest BCUT2D eigenvalue weighted by molar-refractivity contribution is -0.108. The first-order chi connectivity index (χ1) is 9.45. The maximum absolute atomic E-state index is 12.7. The molecule has 1 aromatic heterocycles. The zero-order valence-corrected chi connectivity index (χ0v) is 11.7. The Morgan fingerprint density at radius 2 is 2.40 bits per heavy atom. The van der Waals surface area contributed by atoms with Crippen LogP contribution in [-0.4, -0.2) is 27.6 Å². The van der Waals surface area contributed by atoms with Gasteiger partial charge in [-0.05, 0) is 25.5 Å². The molecule has 1 rings (SSSR count). The lowest BCUT2D eigenvalue weighted by Crippen LogP contribution is -2.46. The van der Waals surface area contributed by atoms with E-state index in [4.69, 9.17) is 4.74 Å². The van der Waals surface area contributed by atoms with Crippen molar-refractivity contribution < 1.29 is 14.2 Å². The highest BCUT2D eigenvalue weighted by molar-refractivity contribution is 5.35. The van der Waals surface area contributed by atoms with Gasteiger partial charge in [0.05, 0.1) is 29.3 Å². The predicted molar refractivity (Wildman–Crippen MR) is 74.8 cm³/mol. The number of aliphatic hydroxyl groups is 1. The summed E-state index contributed by atoms with van der Waals surface area (Å²) in [4.78, 5) is 15.6. The summed E-state index contributed by atoms with van der Waals surface area (Å²) in [6.07, 6.45) is 3.43. The van der Waals surface area contributed by atoms with Crippen molar-refractivity contribution in [1.82, 2.24) is 9.55 Å². The van der Waals surface area contributed by atoms with Crippen molar-refractivity contribution in [2.75, 3.05) is 6.61 Å². The van der Waals surface area contributed by atoms with Gasteiger partial charge in [0.2, 0.25) is 0 Å². The van der Waals surface area contributed by atoms with Gasteiger partial charge in [0.25, 0.3) is 5.56 Å². The van der Waals surface area contributed by atoms with E-state index in [0.29, 0.717) is 17.3 Å². The fourth-order valence-electron chi connectivity index (χ4n) is 1.54. The molecular formula is C14H19FN2O3. The number of aromatic nitrogens is 2. The molecule has 0 saturated carbocycles. The topological polar surface area (TPSA) is 64.4 Å². The molecule has 0 aromatic carbocycles. The Bertz CT molecular complexity index is 633. The van der Waals surface area contributed by atoms with Gasteiger partial charge in [-0.25, -0.2) is 9.37 Å². The number of rotatable bonds is 6. The van der Waals surface area contributed by atoms with Crippen LogP contribution in [0.15, 0.2) is 22.9 Å². The molecule has 0 saturated heterocycles. The molecule has 1 N–H and O–H groups in total. The van der Waals surface area contributed by atoms with Crippen LogP contribution in [0.2, 0.25) is 0 Å². The Morgan fingerprint density at radius 1 is 1.70 bits per heavy atom. The van der Waals surface area contributed by atoms with E-state index in [-0.39, 0.29) is 12.4 Å². The molecule has 0 aliphatic heterocycles. The highest BCUT2D eigenvalue weighted by atomic mass is 19.1. The molecule has 0 aliphatic rings. The standard InChI is InChI=1S/C14H19FN2O3/c1-4-7-20-14(19)9-17-11(3)12(6-5-10(2)15)16-8-13(17)18/h5-6,8,14,19H,3-4,7,9H2,1-2H3/b10-5+,12-6+. The predicted octanol–water partition coefficient (Wildman–Crippen LogP) is 0.0524. The third-order valence-corrected chi connectivity index (χ3v) is 2.53. The monoisotopic (exact) mass is 282 g/mol. The van der Waals surface area contributed by atoms with Gasteiger partial charge in [0.15, 0.2) is 6.29 Å². The summed E-state index contributed by atoms with van der Waals surface area (Å²) in [5.74, 6) is -0.379. The zero-order valence-electron chi connectivity index (χ0n) is 11.7. The lowest BCUT2D eigenvalue weighted by Gasteiger charge is -2.13. The second-order valence-electron chi connectivity index (χ2n) is 4.28. The highest BCUT2D eigenvalue weighted by Gasteiger charge is 2.07. The van der Waals surface area contributed by atoms with Crippen LogP contribution in [-0.2, 0) is 11.3 Å². The van der Waals surface area contributed by atoms with Crippen LogP contribution in [0.4, 0.5) is 4.39 Å². The van der Waals surface area contributed by atoms with Crippen molar-refractivity contribution in [3.05, 3.63) is 39.2 Å². The van der Waals surface area contributed by atoms with Crippen molar-refractivity contribution >= 4 is 12.7 Å². The van der Waals surface area contributed by atoms with E-state index in [0.717, 1.165) is 12.6 Å². The Morgan fingerprint density at radius 3 is 3.00 bits per heavy atom. The number of ether oxygens (including phenoxy) is 1. The minimum Gasteiger partial charge on any atom is -0.366 e. The van der Waals surface area contributed by atoms with Gasteiger partial charge in [-0.15, -0.1) is 0 Å². The third kappa shape index (κ3) is 4.71. The van der Waals surface area contributed by atoms with E-state index < -0.39 is 11.8 Å². The molecule has 6 heteroatoms. The van der Waals surface area contributed by atoms with E-state index in [2.05, 4.69) is 11.6 Å². The van der Waals surface area contributed by atoms with E-state index in [9.17, 15) is 14.3 Å². The summed E-state index contributed by atoms with van der Waals surface area (Å²) in [7, 11) is 0. The van der Waals surface area contributed by atoms with Crippen molar-refractivity contribution in [2.24, 2.45) is 0 Å². The maximum atomic E-state index is 12.7. The first kappa shape index (κ1) is 16.3. The average Bonchev–Trinajstić information content (AvgIpc) is 2.40. The van der Waals surface area contributed by atoms with Gasteiger partial charge in [-0.1, -0.05) is 13.5 Å². The van der Waals surface area contributed by atoms with Crippen LogP contribution in [0.25, 0.3) is 12.7 Å². The van der Waals surface area contributed by atoms with Crippen LogP contribution in [0.5, 0.6) is 0 Å². The molecule has 0 fully saturated rings. The SMILES string of the molecule is C=c1/c(=C\C=C(/C)F)ncc(=O)n1CC(O)OCCC. The summed E-state index contributed by atoms with van der Waals surface area (Å²) in [6, 6.07) is 0. The normalized spacial score (nSPS) is 14.6. The van der Waals surface area contributed by atoms with Crippen molar-refractivity contribution in [3.8, 4) is 0 Å². The molecule has 1 unspecified atom stereocenters. The lowest BCUT2D eigenvalue weighted by atomic mass is 10.4. The fourth-order valence-corrected chi connectivity index (χ4v) is 1.54. The second kappa shape index (κ2) is 7.72. The maximum Gasteiger partial charge on any atom is 0.269 e. The van der Waals surface area contributed by atoms with Crippen molar-refractivity contribution in [1.29, 1.82) is 0 Å². The van der Waals surface area contributed by atoms with E-state index in [1.54, 1.807) is 0 Å². The van der Waals surface area contributed by atoms with Crippen LogP contribution < -0.4 is 16.3 Å². The quantitative estimate of drug-likeness (QED) is 0.749. The zero-order chi connectivity index (χ0) is 15.1. The Kier molecular flexibility index (Phi) is 6.27. The Labute approximate surface area is 116 Å². The van der Waals surface area contributed by atoms with Gasteiger partial charge >= 0.3 is 0 Å². The summed E-state index contributed by atoms with van der Waals surface area (Å²) >= 11 is 0. The van der Waals surface area contributed by atoms with E-state index >= 15 is 0 Å². The Hall–Kier alpha value is -1.79. The number of nitrogens with zero attached hydrogens (tertiary/aromatic N) is 2. The van der Waals surface area contributed by atoms with E-state index in [1.807, 2.05) is 6.92 Å². The molecule has 1 atom stereocenters. The second-order valence-corrected chi connectivity index (χ2v) is 4.28. The van der Waals surface area contributed by atoms with Crippen LogP contribution in [0.1, 0.15) is 20.3 Å². The van der Waals surface area contributed by atoms with Gasteiger partial charge in [-0.3, -0.25) is 4.79 Å². The smallest absolute Gasteiger partial charge is 0.269 e. The minimum absolute atomic E-state index is 0.0423. The number of aliphatic hydroxyl groups excluding tert-OH is 1. The molecule has 110 valence electrons.